The van der Waals surface area contributed by atoms with Crippen molar-refractivity contribution in [2.24, 2.45) is 0 Å². The van der Waals surface area contributed by atoms with E-state index in [0.29, 0.717) is 18.0 Å². The van der Waals surface area contributed by atoms with Gasteiger partial charge in [-0.3, -0.25) is 4.79 Å². The molecule has 0 atom stereocenters. The third-order valence-electron chi connectivity index (χ3n) is 2.40. The highest BCUT2D eigenvalue weighted by Crippen LogP contribution is 2.29. The highest BCUT2D eigenvalue weighted by molar-refractivity contribution is 5.79. The van der Waals surface area contributed by atoms with Gasteiger partial charge in [-0.2, -0.15) is 0 Å². The average Bonchev–Trinajstić information content (AvgIpc) is 2.78. The van der Waals surface area contributed by atoms with E-state index in [0.717, 1.165) is 25.7 Å². The van der Waals surface area contributed by atoms with Crippen LogP contribution in [0.1, 0.15) is 38.5 Å². The molecule has 0 amide bonds. The van der Waals surface area contributed by atoms with Crippen molar-refractivity contribution < 1.29 is 9.53 Å². The Kier molecular flexibility index (Phi) is 1.95. The lowest BCUT2D eigenvalue weighted by molar-refractivity contribution is -0.123. The monoisotopic (exact) mass is 154 g/mol. The Balaban J connectivity index is 1.73. The van der Waals surface area contributed by atoms with E-state index in [1.54, 1.807) is 0 Å². The lowest BCUT2D eigenvalue weighted by Crippen LogP contribution is -2.22. The summed E-state index contributed by atoms with van der Waals surface area (Å²) in [6.45, 7) is 0. The zero-order valence-electron chi connectivity index (χ0n) is 6.71. The molecule has 0 aliphatic heterocycles. The second kappa shape index (κ2) is 2.94. The fraction of sp³-hybridized carbons (Fsp3) is 0.889. The first kappa shape index (κ1) is 7.29. The van der Waals surface area contributed by atoms with Crippen molar-refractivity contribution in [2.75, 3.05) is 0 Å². The number of hydrogen-bond acceptors (Lipinski definition) is 2. The van der Waals surface area contributed by atoms with Crippen LogP contribution in [0.5, 0.6) is 0 Å². The van der Waals surface area contributed by atoms with E-state index < -0.39 is 0 Å². The molecule has 0 aromatic rings. The van der Waals surface area contributed by atoms with Crippen molar-refractivity contribution in [3.8, 4) is 0 Å². The van der Waals surface area contributed by atoms with Gasteiger partial charge in [0.25, 0.3) is 0 Å². The molecular weight excluding hydrogens is 140 g/mol. The van der Waals surface area contributed by atoms with Gasteiger partial charge in [0, 0.05) is 12.8 Å². The molecule has 2 heteroatoms. The van der Waals surface area contributed by atoms with Gasteiger partial charge >= 0.3 is 0 Å². The Hall–Kier alpha value is -0.370. The molecule has 0 heterocycles. The molecule has 0 saturated heterocycles. The first-order valence-corrected chi connectivity index (χ1v) is 4.52. The molecule has 0 aromatic carbocycles. The first-order chi connectivity index (χ1) is 5.34. The van der Waals surface area contributed by atoms with Crippen LogP contribution in [0.25, 0.3) is 0 Å². The summed E-state index contributed by atoms with van der Waals surface area (Å²) in [6, 6.07) is 0. The van der Waals surface area contributed by atoms with Gasteiger partial charge in [-0.25, -0.2) is 0 Å². The van der Waals surface area contributed by atoms with E-state index in [9.17, 15) is 4.79 Å². The SMILES string of the molecule is O=C1CCC(OC2CC2)CC1. The zero-order valence-corrected chi connectivity index (χ0v) is 6.71. The van der Waals surface area contributed by atoms with Crippen LogP contribution in [0.2, 0.25) is 0 Å². The van der Waals surface area contributed by atoms with E-state index in [1.165, 1.54) is 12.8 Å². The molecule has 0 unspecified atom stereocenters. The molecule has 0 radical (unpaired) electrons. The Labute approximate surface area is 66.9 Å². The summed E-state index contributed by atoms with van der Waals surface area (Å²) in [5, 5.41) is 0. The van der Waals surface area contributed by atoms with Crippen LogP contribution in [0, 0.1) is 0 Å². The van der Waals surface area contributed by atoms with E-state index in [-0.39, 0.29) is 0 Å². The number of carbonyl (C=O) groups is 1. The molecule has 0 bridgehead atoms. The average molecular weight is 154 g/mol. The molecule has 0 N–H and O–H groups in total. The molecular formula is C9H14O2. The second-order valence-electron chi connectivity index (χ2n) is 3.57. The summed E-state index contributed by atoms with van der Waals surface area (Å²) in [6.07, 6.45) is 6.86. The third-order valence-corrected chi connectivity index (χ3v) is 2.40. The summed E-state index contributed by atoms with van der Waals surface area (Å²) in [4.78, 5) is 10.9. The van der Waals surface area contributed by atoms with Gasteiger partial charge in [0.1, 0.15) is 5.78 Å². The maximum Gasteiger partial charge on any atom is 0.133 e. The van der Waals surface area contributed by atoms with Crippen LogP contribution < -0.4 is 0 Å². The number of rotatable bonds is 2. The first-order valence-electron chi connectivity index (χ1n) is 4.52. The van der Waals surface area contributed by atoms with E-state index in [1.807, 2.05) is 0 Å². The summed E-state index contributed by atoms with van der Waals surface area (Å²) in [5.74, 6) is 0.417. The summed E-state index contributed by atoms with van der Waals surface area (Å²) in [7, 11) is 0. The van der Waals surface area contributed by atoms with Crippen molar-refractivity contribution in [3.05, 3.63) is 0 Å². The number of Topliss-reactive ketones (excluding diaryl/α,β-unsaturated/α-hetero) is 1. The minimum Gasteiger partial charge on any atom is -0.375 e. The second-order valence-corrected chi connectivity index (χ2v) is 3.57. The Bertz CT molecular complexity index is 151. The highest BCUT2D eigenvalue weighted by atomic mass is 16.5. The fourth-order valence-corrected chi connectivity index (χ4v) is 1.53. The van der Waals surface area contributed by atoms with Gasteiger partial charge in [-0.05, 0) is 25.7 Å². The Morgan fingerprint density at radius 1 is 1.00 bits per heavy atom. The van der Waals surface area contributed by atoms with Crippen molar-refractivity contribution in [3.63, 3.8) is 0 Å². The normalized spacial score (nSPS) is 27.5. The van der Waals surface area contributed by atoms with Crippen LogP contribution in [-0.4, -0.2) is 18.0 Å². The lowest BCUT2D eigenvalue weighted by atomic mass is 9.96. The topological polar surface area (TPSA) is 26.3 Å². The summed E-state index contributed by atoms with van der Waals surface area (Å²) < 4.78 is 5.70. The minimum absolute atomic E-state index is 0.403. The molecule has 2 saturated carbocycles. The molecule has 2 fully saturated rings. The number of carbonyl (C=O) groups excluding carboxylic acids is 1. The predicted octanol–water partition coefficient (Wildman–Crippen LogP) is 1.68. The van der Waals surface area contributed by atoms with Crippen LogP contribution >= 0.6 is 0 Å². The number of ketones is 1. The van der Waals surface area contributed by atoms with Crippen molar-refractivity contribution >= 4 is 5.78 Å². The van der Waals surface area contributed by atoms with Gasteiger partial charge in [-0.15, -0.1) is 0 Å². The smallest absolute Gasteiger partial charge is 0.133 e. The van der Waals surface area contributed by atoms with Gasteiger partial charge < -0.3 is 4.74 Å². The third kappa shape index (κ3) is 2.03. The maximum absolute atomic E-state index is 10.9. The standard InChI is InChI=1S/C9H14O2/c10-7-1-3-8(4-2-7)11-9-5-6-9/h8-9H,1-6H2. The van der Waals surface area contributed by atoms with Gasteiger partial charge in [0.15, 0.2) is 0 Å². The van der Waals surface area contributed by atoms with Gasteiger partial charge in [0.05, 0.1) is 12.2 Å². The van der Waals surface area contributed by atoms with Crippen molar-refractivity contribution in [1.82, 2.24) is 0 Å². The Morgan fingerprint density at radius 3 is 2.09 bits per heavy atom. The van der Waals surface area contributed by atoms with Crippen molar-refractivity contribution in [2.45, 2.75) is 50.7 Å². The van der Waals surface area contributed by atoms with Crippen LogP contribution in [0.4, 0.5) is 0 Å². The maximum atomic E-state index is 10.9. The number of ether oxygens (including phenoxy) is 1. The Morgan fingerprint density at radius 2 is 1.55 bits per heavy atom. The van der Waals surface area contributed by atoms with Crippen LogP contribution in [0.3, 0.4) is 0 Å². The van der Waals surface area contributed by atoms with E-state index in [4.69, 9.17) is 4.74 Å². The molecule has 11 heavy (non-hydrogen) atoms. The van der Waals surface area contributed by atoms with Crippen molar-refractivity contribution in [1.29, 1.82) is 0 Å². The largest absolute Gasteiger partial charge is 0.375 e. The molecule has 2 nitrogen and oxygen atoms in total. The lowest BCUT2D eigenvalue weighted by Gasteiger charge is -2.20. The van der Waals surface area contributed by atoms with Gasteiger partial charge in [-0.1, -0.05) is 0 Å². The predicted molar refractivity (Wildman–Crippen MR) is 41.4 cm³/mol. The fourth-order valence-electron chi connectivity index (χ4n) is 1.53. The van der Waals surface area contributed by atoms with E-state index >= 15 is 0 Å². The van der Waals surface area contributed by atoms with Crippen LogP contribution in [0.15, 0.2) is 0 Å². The van der Waals surface area contributed by atoms with Crippen LogP contribution in [-0.2, 0) is 9.53 Å². The van der Waals surface area contributed by atoms with E-state index in [2.05, 4.69) is 0 Å². The minimum atomic E-state index is 0.403. The molecule has 2 aliphatic rings. The molecule has 0 spiro atoms. The molecule has 0 aromatic heterocycles. The highest BCUT2D eigenvalue weighted by Gasteiger charge is 2.28. The quantitative estimate of drug-likeness (QED) is 0.604. The zero-order chi connectivity index (χ0) is 7.68. The molecule has 62 valence electrons. The molecule has 2 rings (SSSR count). The summed E-state index contributed by atoms with van der Waals surface area (Å²) >= 11 is 0. The summed E-state index contributed by atoms with van der Waals surface area (Å²) in [5.41, 5.74) is 0. The number of hydrogen-bond donors (Lipinski definition) is 0. The molecule has 2 aliphatic carbocycles. The van der Waals surface area contributed by atoms with Gasteiger partial charge in [0.2, 0.25) is 0 Å².